The van der Waals surface area contributed by atoms with E-state index < -0.39 is 0 Å². The molecule has 0 bridgehead atoms. The standard InChI is InChI=1S/C7H15BO/c9-8-6-4-2-1-3-5-7-8/h9H,1-7H2. The number of hydrogen-bond donors (Lipinski definition) is 1. The number of hydrogen-bond acceptors (Lipinski definition) is 1. The lowest BCUT2D eigenvalue weighted by atomic mass is 9.59. The van der Waals surface area contributed by atoms with Crippen molar-refractivity contribution in [2.75, 3.05) is 0 Å². The Morgan fingerprint density at radius 2 is 1.22 bits per heavy atom. The van der Waals surface area contributed by atoms with Gasteiger partial charge in [-0.25, -0.2) is 0 Å². The Hall–Kier alpha value is 0.0249. The van der Waals surface area contributed by atoms with E-state index in [-0.39, 0.29) is 6.92 Å². The molecule has 0 spiro atoms. The summed E-state index contributed by atoms with van der Waals surface area (Å²) in [6.07, 6.45) is 8.60. The summed E-state index contributed by atoms with van der Waals surface area (Å²) in [5.41, 5.74) is 0. The molecule has 0 aliphatic carbocycles. The lowest BCUT2D eigenvalue weighted by Crippen LogP contribution is -2.12. The second kappa shape index (κ2) is 3.94. The average Bonchev–Trinajstić information content (AvgIpc) is 1.79. The van der Waals surface area contributed by atoms with E-state index in [1.54, 1.807) is 0 Å². The van der Waals surface area contributed by atoms with Crippen molar-refractivity contribution in [1.29, 1.82) is 0 Å². The molecule has 1 saturated heterocycles. The van der Waals surface area contributed by atoms with Crippen LogP contribution in [0, 0.1) is 0 Å². The molecule has 0 unspecified atom stereocenters. The third kappa shape index (κ3) is 2.90. The molecule has 0 aromatic heterocycles. The first-order chi connectivity index (χ1) is 4.39. The molecule has 9 heavy (non-hydrogen) atoms. The molecular formula is C7H15BO. The Labute approximate surface area is 57.6 Å². The Balaban J connectivity index is 2.12. The van der Waals surface area contributed by atoms with Crippen molar-refractivity contribution in [2.24, 2.45) is 0 Å². The summed E-state index contributed by atoms with van der Waals surface area (Å²) in [4.78, 5) is 0. The minimum Gasteiger partial charge on any atom is -0.450 e. The van der Waals surface area contributed by atoms with Gasteiger partial charge in [0.25, 0.3) is 6.92 Å². The van der Waals surface area contributed by atoms with Crippen molar-refractivity contribution < 1.29 is 5.02 Å². The first-order valence-corrected chi connectivity index (χ1v) is 4.07. The van der Waals surface area contributed by atoms with Gasteiger partial charge >= 0.3 is 0 Å². The minimum atomic E-state index is 0.0188. The molecule has 2 heteroatoms. The van der Waals surface area contributed by atoms with Crippen LogP contribution in [-0.2, 0) is 0 Å². The summed E-state index contributed by atoms with van der Waals surface area (Å²) < 4.78 is 0. The van der Waals surface area contributed by atoms with Crippen LogP contribution in [-0.4, -0.2) is 11.9 Å². The van der Waals surface area contributed by atoms with E-state index in [1.807, 2.05) is 0 Å². The van der Waals surface area contributed by atoms with Crippen LogP contribution in [0.5, 0.6) is 0 Å². The Kier molecular flexibility index (Phi) is 3.12. The average molecular weight is 126 g/mol. The highest BCUT2D eigenvalue weighted by Crippen LogP contribution is 2.15. The van der Waals surface area contributed by atoms with Gasteiger partial charge in [0.15, 0.2) is 0 Å². The first kappa shape index (κ1) is 7.14. The molecular weight excluding hydrogens is 111 g/mol. The van der Waals surface area contributed by atoms with Crippen LogP contribution in [0.15, 0.2) is 0 Å². The first-order valence-electron chi connectivity index (χ1n) is 4.07. The number of rotatable bonds is 0. The van der Waals surface area contributed by atoms with E-state index >= 15 is 0 Å². The quantitative estimate of drug-likeness (QED) is 0.491. The molecule has 1 aliphatic rings. The predicted molar refractivity (Wildman–Crippen MR) is 40.7 cm³/mol. The van der Waals surface area contributed by atoms with Gasteiger partial charge in [-0.05, 0) is 12.6 Å². The van der Waals surface area contributed by atoms with Gasteiger partial charge in [0, 0.05) is 0 Å². The molecule has 52 valence electrons. The second-order valence-electron chi connectivity index (χ2n) is 3.00. The summed E-state index contributed by atoms with van der Waals surface area (Å²) >= 11 is 0. The zero-order chi connectivity index (χ0) is 6.53. The fourth-order valence-electron chi connectivity index (χ4n) is 1.43. The Morgan fingerprint density at radius 3 is 1.78 bits per heavy atom. The maximum absolute atomic E-state index is 9.21. The summed E-state index contributed by atoms with van der Waals surface area (Å²) in [5, 5.41) is 9.21. The summed E-state index contributed by atoms with van der Waals surface area (Å²) in [5.74, 6) is 0. The van der Waals surface area contributed by atoms with Crippen LogP contribution in [0.3, 0.4) is 0 Å². The molecule has 0 amide bonds. The van der Waals surface area contributed by atoms with Crippen molar-refractivity contribution in [3.8, 4) is 0 Å². The van der Waals surface area contributed by atoms with E-state index in [9.17, 15) is 5.02 Å². The van der Waals surface area contributed by atoms with Crippen LogP contribution in [0.4, 0.5) is 0 Å². The van der Waals surface area contributed by atoms with E-state index in [2.05, 4.69) is 0 Å². The molecule has 1 heterocycles. The van der Waals surface area contributed by atoms with Gasteiger partial charge < -0.3 is 5.02 Å². The van der Waals surface area contributed by atoms with E-state index in [0.717, 1.165) is 12.6 Å². The smallest absolute Gasteiger partial charge is 0.288 e. The fraction of sp³-hybridized carbons (Fsp3) is 1.00. The minimum absolute atomic E-state index is 0.0188. The molecule has 0 radical (unpaired) electrons. The summed E-state index contributed by atoms with van der Waals surface area (Å²) in [6.45, 7) is 0.0188. The molecule has 1 fully saturated rings. The van der Waals surface area contributed by atoms with Crippen LogP contribution in [0.2, 0.25) is 12.6 Å². The van der Waals surface area contributed by atoms with Crippen molar-refractivity contribution in [3.63, 3.8) is 0 Å². The van der Waals surface area contributed by atoms with Crippen molar-refractivity contribution in [1.82, 2.24) is 0 Å². The molecule has 0 aromatic rings. The molecule has 1 nitrogen and oxygen atoms in total. The second-order valence-corrected chi connectivity index (χ2v) is 3.00. The maximum Gasteiger partial charge on any atom is 0.288 e. The fourth-order valence-corrected chi connectivity index (χ4v) is 1.43. The largest absolute Gasteiger partial charge is 0.450 e. The van der Waals surface area contributed by atoms with Crippen molar-refractivity contribution in [2.45, 2.75) is 44.7 Å². The van der Waals surface area contributed by atoms with Crippen LogP contribution >= 0.6 is 0 Å². The summed E-state index contributed by atoms with van der Waals surface area (Å²) in [6, 6.07) is 0. The normalized spacial score (nSPS) is 23.0. The van der Waals surface area contributed by atoms with Gasteiger partial charge in [-0.2, -0.15) is 0 Å². The van der Waals surface area contributed by atoms with E-state index in [1.165, 1.54) is 32.1 Å². The van der Waals surface area contributed by atoms with E-state index in [4.69, 9.17) is 0 Å². The molecule has 0 aromatic carbocycles. The van der Waals surface area contributed by atoms with E-state index in [0.29, 0.717) is 0 Å². The van der Waals surface area contributed by atoms with Crippen molar-refractivity contribution in [3.05, 3.63) is 0 Å². The van der Waals surface area contributed by atoms with Gasteiger partial charge in [0.1, 0.15) is 0 Å². The SMILES string of the molecule is OB1CCCCCCC1. The van der Waals surface area contributed by atoms with Gasteiger partial charge in [0.2, 0.25) is 0 Å². The van der Waals surface area contributed by atoms with Gasteiger partial charge in [-0.1, -0.05) is 32.1 Å². The van der Waals surface area contributed by atoms with Gasteiger partial charge in [0.05, 0.1) is 0 Å². The molecule has 1 N–H and O–H groups in total. The molecule has 1 aliphatic heterocycles. The highest BCUT2D eigenvalue weighted by atomic mass is 16.2. The van der Waals surface area contributed by atoms with Crippen LogP contribution in [0.1, 0.15) is 32.1 Å². The van der Waals surface area contributed by atoms with Crippen molar-refractivity contribution >= 4 is 6.92 Å². The third-order valence-corrected chi connectivity index (χ3v) is 2.07. The molecule has 0 atom stereocenters. The highest BCUT2D eigenvalue weighted by Gasteiger charge is 2.11. The zero-order valence-electron chi connectivity index (χ0n) is 5.97. The summed E-state index contributed by atoms with van der Waals surface area (Å²) in [7, 11) is 0. The molecule has 0 saturated carbocycles. The third-order valence-electron chi connectivity index (χ3n) is 2.07. The maximum atomic E-state index is 9.21. The van der Waals surface area contributed by atoms with Crippen LogP contribution in [0.25, 0.3) is 0 Å². The topological polar surface area (TPSA) is 20.2 Å². The monoisotopic (exact) mass is 126 g/mol. The predicted octanol–water partition coefficient (Wildman–Crippen LogP) is 1.93. The lowest BCUT2D eigenvalue weighted by molar-refractivity contribution is 0.530. The lowest BCUT2D eigenvalue weighted by Gasteiger charge is -2.09. The Bertz CT molecular complexity index is 67.3. The van der Waals surface area contributed by atoms with Crippen LogP contribution < -0.4 is 0 Å². The van der Waals surface area contributed by atoms with Gasteiger partial charge in [-0.15, -0.1) is 0 Å². The zero-order valence-corrected chi connectivity index (χ0v) is 5.97. The molecule has 1 rings (SSSR count). The highest BCUT2D eigenvalue weighted by molar-refractivity contribution is 6.50. The van der Waals surface area contributed by atoms with Gasteiger partial charge in [-0.3, -0.25) is 0 Å². The Morgan fingerprint density at radius 1 is 0.778 bits per heavy atom.